The zero-order valence-electron chi connectivity index (χ0n) is 11.0. The van der Waals surface area contributed by atoms with Crippen molar-refractivity contribution in [2.45, 2.75) is 45.3 Å². The van der Waals surface area contributed by atoms with Crippen molar-refractivity contribution in [3.8, 4) is 0 Å². The van der Waals surface area contributed by atoms with E-state index in [0.717, 1.165) is 19.4 Å². The van der Waals surface area contributed by atoms with Crippen molar-refractivity contribution < 1.29 is 14.6 Å². The highest BCUT2D eigenvalue weighted by Gasteiger charge is 2.25. The molecule has 0 amide bonds. The van der Waals surface area contributed by atoms with Gasteiger partial charge >= 0.3 is 5.97 Å². The van der Waals surface area contributed by atoms with Gasteiger partial charge in [-0.2, -0.15) is 0 Å². The van der Waals surface area contributed by atoms with Gasteiger partial charge in [-0.05, 0) is 33.2 Å². The van der Waals surface area contributed by atoms with E-state index in [2.05, 4.69) is 9.64 Å². The molecule has 0 radical (unpaired) electrons. The fourth-order valence-corrected chi connectivity index (χ4v) is 2.29. The lowest BCUT2D eigenvalue weighted by atomic mass is 9.98. The van der Waals surface area contributed by atoms with Gasteiger partial charge in [-0.15, -0.1) is 0 Å². The number of aliphatic hydroxyl groups is 1. The molecule has 1 fully saturated rings. The number of aliphatic hydroxyl groups excluding tert-OH is 1. The Bertz CT molecular complexity index is 286. The van der Waals surface area contributed by atoms with E-state index in [-0.39, 0.29) is 18.1 Å². The lowest BCUT2D eigenvalue weighted by molar-refractivity contribution is -0.136. The molecule has 2 atom stereocenters. The van der Waals surface area contributed by atoms with Crippen LogP contribution in [0.2, 0.25) is 0 Å². The highest BCUT2D eigenvalue weighted by molar-refractivity contribution is 5.87. The van der Waals surface area contributed by atoms with E-state index in [0.29, 0.717) is 12.1 Å². The molecule has 1 aliphatic rings. The summed E-state index contributed by atoms with van der Waals surface area (Å²) >= 11 is 0. The van der Waals surface area contributed by atoms with E-state index < -0.39 is 0 Å². The monoisotopic (exact) mass is 241 g/mol. The highest BCUT2D eigenvalue weighted by atomic mass is 16.5. The number of rotatable bonds is 4. The van der Waals surface area contributed by atoms with Crippen LogP contribution < -0.4 is 0 Å². The molecule has 0 aromatic heterocycles. The number of piperidine rings is 1. The number of nitrogens with zero attached hydrogens (tertiary/aromatic N) is 1. The first-order valence-electron chi connectivity index (χ1n) is 6.23. The molecule has 0 spiro atoms. The molecule has 0 aromatic carbocycles. The van der Waals surface area contributed by atoms with Crippen molar-refractivity contribution in [3.05, 3.63) is 11.6 Å². The fourth-order valence-electron chi connectivity index (χ4n) is 2.29. The Hall–Kier alpha value is -0.870. The van der Waals surface area contributed by atoms with Crippen LogP contribution in [0, 0.1) is 0 Å². The molecular formula is C13H23NO3. The van der Waals surface area contributed by atoms with Crippen LogP contribution in [0.15, 0.2) is 11.6 Å². The van der Waals surface area contributed by atoms with Crippen LogP contribution in [0.4, 0.5) is 0 Å². The van der Waals surface area contributed by atoms with Gasteiger partial charge in [-0.25, -0.2) is 4.79 Å². The average Bonchev–Trinajstić information content (AvgIpc) is 2.35. The first-order chi connectivity index (χ1) is 8.06. The van der Waals surface area contributed by atoms with E-state index in [4.69, 9.17) is 0 Å². The van der Waals surface area contributed by atoms with Gasteiger partial charge in [-0.3, -0.25) is 4.90 Å². The summed E-state index contributed by atoms with van der Waals surface area (Å²) in [6.45, 7) is 5.28. The second-order valence-electron chi connectivity index (χ2n) is 4.68. The van der Waals surface area contributed by atoms with Crippen LogP contribution in [0.5, 0.6) is 0 Å². The molecule has 0 saturated carbocycles. The maximum Gasteiger partial charge on any atom is 0.333 e. The first kappa shape index (κ1) is 14.2. The third-order valence-electron chi connectivity index (χ3n) is 3.36. The molecular weight excluding hydrogens is 218 g/mol. The van der Waals surface area contributed by atoms with Crippen molar-refractivity contribution in [2.24, 2.45) is 0 Å². The first-order valence-corrected chi connectivity index (χ1v) is 6.23. The molecule has 1 heterocycles. The Kier molecular flexibility index (Phi) is 5.65. The van der Waals surface area contributed by atoms with E-state index in [1.54, 1.807) is 6.92 Å². The van der Waals surface area contributed by atoms with Crippen molar-refractivity contribution in [3.63, 3.8) is 0 Å². The Morgan fingerprint density at radius 3 is 2.88 bits per heavy atom. The summed E-state index contributed by atoms with van der Waals surface area (Å²) < 4.78 is 4.65. The fraction of sp³-hybridized carbons (Fsp3) is 0.769. The maximum atomic E-state index is 11.2. The average molecular weight is 241 g/mol. The third kappa shape index (κ3) is 4.13. The molecule has 1 saturated heterocycles. The van der Waals surface area contributed by atoms with Crippen molar-refractivity contribution in [1.29, 1.82) is 0 Å². The zero-order chi connectivity index (χ0) is 12.8. The van der Waals surface area contributed by atoms with Gasteiger partial charge in [0, 0.05) is 18.2 Å². The van der Waals surface area contributed by atoms with Crippen molar-refractivity contribution in [1.82, 2.24) is 4.90 Å². The van der Waals surface area contributed by atoms with E-state index >= 15 is 0 Å². The van der Waals surface area contributed by atoms with Gasteiger partial charge in [0.05, 0.1) is 13.2 Å². The van der Waals surface area contributed by atoms with Crippen LogP contribution in [-0.4, -0.2) is 48.3 Å². The molecule has 1 rings (SSSR count). The summed E-state index contributed by atoms with van der Waals surface area (Å²) in [5.74, 6) is -0.282. The number of carbonyl (C=O) groups is 1. The van der Waals surface area contributed by atoms with E-state index in [9.17, 15) is 9.90 Å². The predicted molar refractivity (Wildman–Crippen MR) is 66.7 cm³/mol. The van der Waals surface area contributed by atoms with Crippen LogP contribution in [0.25, 0.3) is 0 Å². The van der Waals surface area contributed by atoms with Gasteiger partial charge in [-0.1, -0.05) is 12.5 Å². The Morgan fingerprint density at radius 2 is 2.29 bits per heavy atom. The summed E-state index contributed by atoms with van der Waals surface area (Å²) in [6, 6.07) is 0.213. The van der Waals surface area contributed by atoms with Gasteiger partial charge in [0.2, 0.25) is 0 Å². The molecule has 2 unspecified atom stereocenters. The van der Waals surface area contributed by atoms with Gasteiger partial charge in [0.15, 0.2) is 0 Å². The quantitative estimate of drug-likeness (QED) is 0.596. The largest absolute Gasteiger partial charge is 0.466 e. The minimum absolute atomic E-state index is 0.213. The smallest absolute Gasteiger partial charge is 0.333 e. The number of likely N-dealkylation sites (tertiary alicyclic amines) is 1. The second-order valence-corrected chi connectivity index (χ2v) is 4.68. The van der Waals surface area contributed by atoms with E-state index in [1.165, 1.54) is 13.5 Å². The Balaban J connectivity index is 2.56. The molecule has 1 aliphatic heterocycles. The van der Waals surface area contributed by atoms with Crippen LogP contribution in [-0.2, 0) is 9.53 Å². The van der Waals surface area contributed by atoms with Gasteiger partial charge in [0.1, 0.15) is 0 Å². The number of carbonyl (C=O) groups excluding carboxylic acids is 1. The second kappa shape index (κ2) is 6.77. The van der Waals surface area contributed by atoms with E-state index in [1.807, 2.05) is 13.0 Å². The van der Waals surface area contributed by atoms with Crippen LogP contribution in [0.1, 0.15) is 33.1 Å². The normalized spacial score (nSPS) is 24.5. The van der Waals surface area contributed by atoms with Gasteiger partial charge < -0.3 is 9.84 Å². The Labute approximate surface area is 103 Å². The molecule has 17 heavy (non-hydrogen) atoms. The van der Waals surface area contributed by atoms with Gasteiger partial charge in [0.25, 0.3) is 0 Å². The maximum absolute atomic E-state index is 11.2. The zero-order valence-corrected chi connectivity index (χ0v) is 11.0. The highest BCUT2D eigenvalue weighted by Crippen LogP contribution is 2.19. The summed E-state index contributed by atoms with van der Waals surface area (Å²) in [6.07, 6.45) is 4.93. The molecule has 98 valence electrons. The molecule has 4 heteroatoms. The number of methoxy groups -OCH3 is 1. The topological polar surface area (TPSA) is 49.8 Å². The molecule has 0 aliphatic carbocycles. The summed E-state index contributed by atoms with van der Waals surface area (Å²) in [5.41, 5.74) is 0.627. The number of hydrogen-bond donors (Lipinski definition) is 1. The standard InChI is InChI=1S/C13H23NO3/c1-10(13(16)17-3)7-9-14-8-5-4-6-12(14)11(2)15/h7,11-12,15H,4-6,8-9H2,1-3H3. The third-order valence-corrected chi connectivity index (χ3v) is 3.36. The van der Waals surface area contributed by atoms with Crippen LogP contribution >= 0.6 is 0 Å². The SMILES string of the molecule is COC(=O)C(C)=CCN1CCCCC1C(C)O. The lowest BCUT2D eigenvalue weighted by Gasteiger charge is -2.36. The minimum atomic E-state index is -0.317. The predicted octanol–water partition coefficient (Wildman–Crippen LogP) is 1.34. The van der Waals surface area contributed by atoms with Crippen LogP contribution in [0.3, 0.4) is 0 Å². The molecule has 4 nitrogen and oxygen atoms in total. The number of ether oxygens (including phenoxy) is 1. The molecule has 1 N–H and O–H groups in total. The van der Waals surface area contributed by atoms with Crippen molar-refractivity contribution in [2.75, 3.05) is 20.2 Å². The minimum Gasteiger partial charge on any atom is -0.466 e. The molecule has 0 aromatic rings. The number of hydrogen-bond acceptors (Lipinski definition) is 4. The number of esters is 1. The Morgan fingerprint density at radius 1 is 1.59 bits per heavy atom. The summed E-state index contributed by atoms with van der Waals surface area (Å²) in [7, 11) is 1.39. The summed E-state index contributed by atoms with van der Waals surface area (Å²) in [5, 5.41) is 9.71. The summed E-state index contributed by atoms with van der Waals surface area (Å²) in [4.78, 5) is 13.5. The lowest BCUT2D eigenvalue weighted by Crippen LogP contribution is -2.45. The van der Waals surface area contributed by atoms with Crippen molar-refractivity contribution >= 4 is 5.97 Å². The molecule has 0 bridgehead atoms.